The van der Waals surface area contributed by atoms with Gasteiger partial charge in [-0.1, -0.05) is 32.8 Å². The van der Waals surface area contributed by atoms with Gasteiger partial charge >= 0.3 is 0 Å². The van der Waals surface area contributed by atoms with Crippen molar-refractivity contribution >= 4 is 0 Å². The number of piperidine rings is 1. The Morgan fingerprint density at radius 2 is 1.92 bits per heavy atom. The fourth-order valence-corrected chi connectivity index (χ4v) is 3.99. The highest BCUT2D eigenvalue weighted by Crippen LogP contribution is 2.47. The second kappa shape index (κ2) is 7.50. The van der Waals surface area contributed by atoms with Crippen LogP contribution in [0.1, 0.15) is 75.8 Å². The Hall–Kier alpha value is -1.64. The zero-order valence-corrected chi connectivity index (χ0v) is 15.4. The van der Waals surface area contributed by atoms with Crippen LogP contribution in [-0.4, -0.2) is 23.1 Å². The Labute approximate surface area is 146 Å². The number of benzene rings is 1. The number of likely N-dealkylation sites (tertiary alicyclic amines) is 1. The molecule has 0 aromatic heterocycles. The molecule has 1 aromatic rings. The van der Waals surface area contributed by atoms with Crippen LogP contribution < -0.4 is 4.74 Å². The van der Waals surface area contributed by atoms with Crippen LogP contribution in [0.3, 0.4) is 0 Å². The largest absolute Gasteiger partial charge is 0.507 e. The maximum Gasteiger partial charge on any atom is 0.195 e. The van der Waals surface area contributed by atoms with E-state index in [1.54, 1.807) is 0 Å². The van der Waals surface area contributed by atoms with E-state index in [1.165, 1.54) is 44.1 Å². The Balaban J connectivity index is 1.96. The Bertz CT molecular complexity index is 615. The van der Waals surface area contributed by atoms with Crippen molar-refractivity contribution in [3.05, 3.63) is 34.7 Å². The normalized spacial score (nSPS) is 20.8. The van der Waals surface area contributed by atoms with Crippen LogP contribution in [0.25, 0.3) is 0 Å². The van der Waals surface area contributed by atoms with Crippen molar-refractivity contribution in [1.82, 2.24) is 4.90 Å². The van der Waals surface area contributed by atoms with Crippen LogP contribution in [0.15, 0.2) is 23.6 Å². The zero-order valence-electron chi connectivity index (χ0n) is 15.4. The number of unbranched alkanes of at least 4 members (excludes halogenated alkanes) is 2. The van der Waals surface area contributed by atoms with E-state index < -0.39 is 0 Å². The summed E-state index contributed by atoms with van der Waals surface area (Å²) in [5, 5.41) is 10.6. The lowest BCUT2D eigenvalue weighted by Crippen LogP contribution is -2.34. The quantitative estimate of drug-likeness (QED) is 0.727. The molecule has 1 N–H and O–H groups in total. The monoisotopic (exact) mass is 329 g/mol. The lowest BCUT2D eigenvalue weighted by molar-refractivity contribution is 0.173. The smallest absolute Gasteiger partial charge is 0.195 e. The molecule has 0 spiro atoms. The number of fused-ring (bicyclic) bond motifs is 1. The number of aromatic hydroxyl groups is 1. The summed E-state index contributed by atoms with van der Waals surface area (Å²) in [7, 11) is 0. The molecule has 1 aromatic carbocycles. The van der Waals surface area contributed by atoms with Crippen LogP contribution in [0.5, 0.6) is 11.5 Å². The average Bonchev–Trinajstić information content (AvgIpc) is 2.60. The Morgan fingerprint density at radius 3 is 2.62 bits per heavy atom. The van der Waals surface area contributed by atoms with Gasteiger partial charge in [-0.05, 0) is 56.2 Å². The molecule has 3 nitrogen and oxygen atoms in total. The standard InChI is InChI=1S/C21H31NO2/c1-4-5-7-10-17-16(3)19-18(12-11-15(2)20(19)23)24-21(17)22-13-8-6-9-14-22/h11-12,16,23H,4-10,13-14H2,1-3H3. The molecule has 1 saturated heterocycles. The van der Waals surface area contributed by atoms with Gasteiger partial charge in [0.2, 0.25) is 0 Å². The van der Waals surface area contributed by atoms with Gasteiger partial charge in [0.15, 0.2) is 5.88 Å². The number of hydrogen-bond donors (Lipinski definition) is 1. The van der Waals surface area contributed by atoms with E-state index in [9.17, 15) is 5.11 Å². The van der Waals surface area contributed by atoms with Crippen molar-refractivity contribution in [3.63, 3.8) is 0 Å². The molecular weight excluding hydrogens is 298 g/mol. The SMILES string of the molecule is CCCCCC1=C(N2CCCCC2)Oc2ccc(C)c(O)c2C1C. The highest BCUT2D eigenvalue weighted by Gasteiger charge is 2.32. The van der Waals surface area contributed by atoms with E-state index in [0.717, 1.165) is 42.3 Å². The molecule has 0 aliphatic carbocycles. The molecule has 1 atom stereocenters. The van der Waals surface area contributed by atoms with Gasteiger partial charge in [-0.3, -0.25) is 0 Å². The molecule has 3 rings (SSSR count). The van der Waals surface area contributed by atoms with Gasteiger partial charge in [0.1, 0.15) is 11.5 Å². The highest BCUT2D eigenvalue weighted by atomic mass is 16.5. The first kappa shape index (κ1) is 17.2. The van der Waals surface area contributed by atoms with Gasteiger partial charge in [-0.15, -0.1) is 0 Å². The molecule has 1 unspecified atom stereocenters. The summed E-state index contributed by atoms with van der Waals surface area (Å²) in [4.78, 5) is 2.43. The summed E-state index contributed by atoms with van der Waals surface area (Å²) in [6.45, 7) is 8.61. The van der Waals surface area contributed by atoms with Gasteiger partial charge in [0.05, 0.1) is 0 Å². The second-order valence-electron chi connectivity index (χ2n) is 7.30. The first-order valence-corrected chi connectivity index (χ1v) is 9.61. The van der Waals surface area contributed by atoms with E-state index in [1.807, 2.05) is 19.1 Å². The fourth-order valence-electron chi connectivity index (χ4n) is 3.99. The molecular formula is C21H31NO2. The van der Waals surface area contributed by atoms with Gasteiger partial charge in [0.25, 0.3) is 0 Å². The van der Waals surface area contributed by atoms with E-state index in [-0.39, 0.29) is 5.92 Å². The molecule has 1 fully saturated rings. The predicted molar refractivity (Wildman–Crippen MR) is 98.5 cm³/mol. The maximum absolute atomic E-state index is 10.6. The first-order valence-electron chi connectivity index (χ1n) is 9.61. The molecule has 2 aliphatic rings. The number of nitrogens with zero attached hydrogens (tertiary/aromatic N) is 1. The number of phenols is 1. The predicted octanol–water partition coefficient (Wildman–Crippen LogP) is 5.47. The minimum atomic E-state index is 0.224. The average molecular weight is 329 g/mol. The van der Waals surface area contributed by atoms with E-state index in [2.05, 4.69) is 18.7 Å². The third-order valence-electron chi connectivity index (χ3n) is 5.51. The number of hydrogen-bond acceptors (Lipinski definition) is 3. The lowest BCUT2D eigenvalue weighted by atomic mass is 9.85. The summed E-state index contributed by atoms with van der Waals surface area (Å²) in [5.41, 5.74) is 3.28. The molecule has 24 heavy (non-hydrogen) atoms. The minimum absolute atomic E-state index is 0.224. The third-order valence-corrected chi connectivity index (χ3v) is 5.51. The summed E-state index contributed by atoms with van der Waals surface area (Å²) >= 11 is 0. The van der Waals surface area contributed by atoms with Crippen molar-refractivity contribution in [2.45, 2.75) is 71.6 Å². The van der Waals surface area contributed by atoms with E-state index >= 15 is 0 Å². The molecule has 0 radical (unpaired) electrons. The second-order valence-corrected chi connectivity index (χ2v) is 7.30. The zero-order chi connectivity index (χ0) is 17.1. The summed E-state index contributed by atoms with van der Waals surface area (Å²) in [5.74, 6) is 2.55. The molecule has 2 aliphatic heterocycles. The summed E-state index contributed by atoms with van der Waals surface area (Å²) < 4.78 is 6.37. The number of phenolic OH excluding ortho intramolecular Hbond substituents is 1. The summed E-state index contributed by atoms with van der Waals surface area (Å²) in [6, 6.07) is 3.98. The third kappa shape index (κ3) is 3.26. The van der Waals surface area contributed by atoms with Crippen molar-refractivity contribution in [3.8, 4) is 11.5 Å². The van der Waals surface area contributed by atoms with Crippen molar-refractivity contribution in [2.75, 3.05) is 13.1 Å². The van der Waals surface area contributed by atoms with Crippen LogP contribution in [0.4, 0.5) is 0 Å². The Kier molecular flexibility index (Phi) is 5.37. The van der Waals surface area contributed by atoms with Crippen LogP contribution in [0.2, 0.25) is 0 Å². The molecule has 3 heteroatoms. The molecule has 132 valence electrons. The van der Waals surface area contributed by atoms with Crippen molar-refractivity contribution in [2.24, 2.45) is 0 Å². The summed E-state index contributed by atoms with van der Waals surface area (Å²) in [6.07, 6.45) is 8.54. The number of allylic oxidation sites excluding steroid dienone is 1. The van der Waals surface area contributed by atoms with Crippen LogP contribution >= 0.6 is 0 Å². The number of ether oxygens (including phenoxy) is 1. The molecule has 0 bridgehead atoms. The van der Waals surface area contributed by atoms with Crippen LogP contribution in [-0.2, 0) is 0 Å². The van der Waals surface area contributed by atoms with Gasteiger partial charge < -0.3 is 14.7 Å². The van der Waals surface area contributed by atoms with Gasteiger partial charge in [0, 0.05) is 24.6 Å². The maximum atomic E-state index is 10.6. The number of aryl methyl sites for hydroxylation is 1. The molecule has 2 heterocycles. The van der Waals surface area contributed by atoms with Crippen LogP contribution in [0, 0.1) is 6.92 Å². The highest BCUT2D eigenvalue weighted by molar-refractivity contribution is 5.55. The first-order chi connectivity index (χ1) is 11.6. The Morgan fingerprint density at radius 1 is 1.17 bits per heavy atom. The molecule has 0 saturated carbocycles. The fraction of sp³-hybridized carbons (Fsp3) is 0.619. The lowest BCUT2D eigenvalue weighted by Gasteiger charge is -2.37. The topological polar surface area (TPSA) is 32.7 Å². The minimum Gasteiger partial charge on any atom is -0.507 e. The number of rotatable bonds is 5. The molecule has 0 amide bonds. The van der Waals surface area contributed by atoms with Gasteiger partial charge in [-0.25, -0.2) is 0 Å². The van der Waals surface area contributed by atoms with Crippen molar-refractivity contribution < 1.29 is 9.84 Å². The van der Waals surface area contributed by atoms with Crippen molar-refractivity contribution in [1.29, 1.82) is 0 Å². The van der Waals surface area contributed by atoms with E-state index in [4.69, 9.17) is 4.74 Å². The van der Waals surface area contributed by atoms with E-state index in [0.29, 0.717) is 5.75 Å². The van der Waals surface area contributed by atoms with Gasteiger partial charge in [-0.2, -0.15) is 0 Å².